The van der Waals surface area contributed by atoms with Gasteiger partial charge in [-0.25, -0.2) is 4.79 Å². The van der Waals surface area contributed by atoms with Gasteiger partial charge in [0.25, 0.3) is 0 Å². The highest BCUT2D eigenvalue weighted by atomic mass is 16.6. The van der Waals surface area contributed by atoms with E-state index in [2.05, 4.69) is 10.6 Å². The second-order valence-electron chi connectivity index (χ2n) is 9.04. The summed E-state index contributed by atoms with van der Waals surface area (Å²) >= 11 is 0. The lowest BCUT2D eigenvalue weighted by molar-refractivity contribution is -0.143. The van der Waals surface area contributed by atoms with E-state index >= 15 is 0 Å². The molecule has 33 heavy (non-hydrogen) atoms. The van der Waals surface area contributed by atoms with E-state index in [0.29, 0.717) is 12.1 Å². The Balaban J connectivity index is 3.35. The molecule has 0 saturated heterocycles. The normalized spacial score (nSPS) is 13.1. The van der Waals surface area contributed by atoms with Crippen LogP contribution in [0.3, 0.4) is 0 Å². The molecule has 9 heteroatoms. The van der Waals surface area contributed by atoms with Crippen LogP contribution in [-0.2, 0) is 14.3 Å². The van der Waals surface area contributed by atoms with Crippen LogP contribution < -0.4 is 10.6 Å². The summed E-state index contributed by atoms with van der Waals surface area (Å²) in [5.41, 5.74) is 1.52. The van der Waals surface area contributed by atoms with Crippen molar-refractivity contribution in [1.82, 2.24) is 15.5 Å². The van der Waals surface area contributed by atoms with Crippen molar-refractivity contribution in [3.05, 3.63) is 34.9 Å². The van der Waals surface area contributed by atoms with Gasteiger partial charge in [-0.05, 0) is 52.2 Å². The minimum Gasteiger partial charge on any atom is -0.444 e. The first kappa shape index (κ1) is 28.4. The Labute approximate surface area is 196 Å². The van der Waals surface area contributed by atoms with E-state index in [0.717, 1.165) is 24.0 Å². The fraction of sp³-hybridized carbons (Fsp3) is 0.625. The summed E-state index contributed by atoms with van der Waals surface area (Å²) in [6.45, 7) is 9.94. The number of aliphatic hydroxyl groups excluding tert-OH is 2. The molecule has 0 bridgehead atoms. The van der Waals surface area contributed by atoms with Crippen LogP contribution in [0.2, 0.25) is 0 Å². The van der Waals surface area contributed by atoms with Crippen molar-refractivity contribution in [2.24, 2.45) is 0 Å². The molecule has 1 aromatic carbocycles. The fourth-order valence-electron chi connectivity index (χ4n) is 3.30. The van der Waals surface area contributed by atoms with Crippen molar-refractivity contribution < 1.29 is 29.3 Å². The van der Waals surface area contributed by atoms with Gasteiger partial charge in [0.2, 0.25) is 11.8 Å². The monoisotopic (exact) mass is 465 g/mol. The Hall–Kier alpha value is -2.65. The van der Waals surface area contributed by atoms with E-state index in [-0.39, 0.29) is 6.54 Å². The summed E-state index contributed by atoms with van der Waals surface area (Å²) in [7, 11) is 0. The van der Waals surface area contributed by atoms with Gasteiger partial charge in [0.15, 0.2) is 0 Å². The lowest BCUT2D eigenvalue weighted by Crippen LogP contribution is -2.55. The summed E-state index contributed by atoms with van der Waals surface area (Å²) in [6.07, 6.45) is 0.799. The van der Waals surface area contributed by atoms with Crippen LogP contribution in [0.4, 0.5) is 4.79 Å². The third kappa shape index (κ3) is 9.01. The number of amides is 3. The standard InChI is InChI=1S/C24H39N3O6/c1-7-8-11-25-21(30)20(18-14-16(2)9-10-17(18)3)27(12-13-28)22(31)19(15-29)26-23(32)33-24(4,5)6/h9-10,14,19-20,28-29H,7-8,11-13,15H2,1-6H3,(H,25,30)(H,26,32). The number of carbonyl (C=O) groups is 3. The van der Waals surface area contributed by atoms with Gasteiger partial charge in [-0.3, -0.25) is 9.59 Å². The second-order valence-corrected chi connectivity index (χ2v) is 9.04. The zero-order valence-corrected chi connectivity index (χ0v) is 20.6. The Morgan fingerprint density at radius 2 is 1.82 bits per heavy atom. The number of hydrogen-bond donors (Lipinski definition) is 4. The third-order valence-electron chi connectivity index (χ3n) is 4.91. The number of nitrogens with zero attached hydrogens (tertiary/aromatic N) is 1. The summed E-state index contributed by atoms with van der Waals surface area (Å²) < 4.78 is 5.19. The molecule has 0 fully saturated rings. The van der Waals surface area contributed by atoms with E-state index in [9.17, 15) is 24.6 Å². The van der Waals surface area contributed by atoms with E-state index in [1.165, 1.54) is 4.90 Å². The average molecular weight is 466 g/mol. The first-order valence-corrected chi connectivity index (χ1v) is 11.3. The van der Waals surface area contributed by atoms with Gasteiger partial charge < -0.3 is 30.5 Å². The molecule has 2 atom stereocenters. The number of hydrogen-bond acceptors (Lipinski definition) is 6. The molecule has 9 nitrogen and oxygen atoms in total. The van der Waals surface area contributed by atoms with Gasteiger partial charge in [0.05, 0.1) is 13.2 Å². The van der Waals surface area contributed by atoms with Crippen LogP contribution in [0.25, 0.3) is 0 Å². The molecule has 0 heterocycles. The summed E-state index contributed by atoms with van der Waals surface area (Å²) in [5, 5.41) is 24.8. The molecule has 0 aliphatic rings. The van der Waals surface area contributed by atoms with Gasteiger partial charge in [0.1, 0.15) is 17.7 Å². The molecule has 186 valence electrons. The van der Waals surface area contributed by atoms with Crippen molar-refractivity contribution in [1.29, 1.82) is 0 Å². The largest absolute Gasteiger partial charge is 0.444 e. The molecular formula is C24H39N3O6. The number of unbranched alkanes of at least 4 members (excludes halogenated alkanes) is 1. The maximum Gasteiger partial charge on any atom is 0.408 e. The van der Waals surface area contributed by atoms with Crippen molar-refractivity contribution in [2.45, 2.75) is 72.1 Å². The van der Waals surface area contributed by atoms with Crippen molar-refractivity contribution in [3.63, 3.8) is 0 Å². The minimum atomic E-state index is -1.34. The predicted octanol–water partition coefficient (Wildman–Crippen LogP) is 1.97. The molecule has 0 aliphatic heterocycles. The van der Waals surface area contributed by atoms with Gasteiger partial charge in [-0.15, -0.1) is 0 Å². The van der Waals surface area contributed by atoms with Crippen molar-refractivity contribution >= 4 is 17.9 Å². The number of alkyl carbamates (subject to hydrolysis) is 1. The first-order chi connectivity index (χ1) is 15.4. The molecule has 1 aromatic rings. The SMILES string of the molecule is CCCCNC(=O)C(c1cc(C)ccc1C)N(CCO)C(=O)C(CO)NC(=O)OC(C)(C)C. The maximum atomic E-state index is 13.4. The average Bonchev–Trinajstić information content (AvgIpc) is 2.72. The smallest absolute Gasteiger partial charge is 0.408 e. The van der Waals surface area contributed by atoms with Crippen LogP contribution in [0, 0.1) is 13.8 Å². The Morgan fingerprint density at radius 1 is 1.15 bits per heavy atom. The molecule has 1 rings (SSSR count). The number of aliphatic hydroxyl groups is 2. The molecule has 0 radical (unpaired) electrons. The van der Waals surface area contributed by atoms with Crippen LogP contribution in [0.15, 0.2) is 18.2 Å². The molecule has 0 spiro atoms. The summed E-state index contributed by atoms with van der Waals surface area (Å²) in [4.78, 5) is 40.1. The summed E-state index contributed by atoms with van der Waals surface area (Å²) in [6, 6.07) is 3.20. The number of rotatable bonds is 11. The highest BCUT2D eigenvalue weighted by Crippen LogP contribution is 2.26. The molecule has 3 amide bonds. The maximum absolute atomic E-state index is 13.4. The van der Waals surface area contributed by atoms with E-state index < -0.39 is 48.8 Å². The first-order valence-electron chi connectivity index (χ1n) is 11.3. The topological polar surface area (TPSA) is 128 Å². The Morgan fingerprint density at radius 3 is 2.36 bits per heavy atom. The summed E-state index contributed by atoms with van der Waals surface area (Å²) in [5.74, 6) is -1.10. The van der Waals surface area contributed by atoms with Gasteiger partial charge in [0, 0.05) is 13.1 Å². The third-order valence-corrected chi connectivity index (χ3v) is 4.91. The van der Waals surface area contributed by atoms with Crippen LogP contribution in [0.1, 0.15) is 63.3 Å². The Kier molecular flexibility index (Phi) is 11.3. The van der Waals surface area contributed by atoms with Crippen molar-refractivity contribution in [2.75, 3.05) is 26.3 Å². The molecule has 2 unspecified atom stereocenters. The highest BCUT2D eigenvalue weighted by Gasteiger charge is 2.36. The van der Waals surface area contributed by atoms with E-state index in [4.69, 9.17) is 4.74 Å². The highest BCUT2D eigenvalue weighted by molar-refractivity contribution is 5.92. The molecule has 0 saturated carbocycles. The van der Waals surface area contributed by atoms with Crippen LogP contribution in [-0.4, -0.2) is 71.0 Å². The molecule has 0 aliphatic carbocycles. The predicted molar refractivity (Wildman–Crippen MR) is 126 cm³/mol. The number of carbonyl (C=O) groups excluding carboxylic acids is 3. The van der Waals surface area contributed by atoms with E-state index in [1.807, 2.05) is 39.0 Å². The van der Waals surface area contributed by atoms with Crippen molar-refractivity contribution in [3.8, 4) is 0 Å². The van der Waals surface area contributed by atoms with E-state index in [1.54, 1.807) is 20.8 Å². The lowest BCUT2D eigenvalue weighted by atomic mass is 9.96. The number of benzene rings is 1. The van der Waals surface area contributed by atoms with Crippen LogP contribution >= 0.6 is 0 Å². The number of aryl methyl sites for hydroxylation is 2. The number of ether oxygens (including phenoxy) is 1. The lowest BCUT2D eigenvalue weighted by Gasteiger charge is -2.34. The quantitative estimate of drug-likeness (QED) is 0.370. The Bertz CT molecular complexity index is 806. The number of nitrogens with one attached hydrogen (secondary N) is 2. The molecule has 0 aromatic heterocycles. The van der Waals surface area contributed by atoms with Gasteiger partial charge in [-0.2, -0.15) is 0 Å². The van der Waals surface area contributed by atoms with Gasteiger partial charge in [-0.1, -0.05) is 37.1 Å². The molecule has 4 N–H and O–H groups in total. The molecular weight excluding hydrogens is 426 g/mol. The zero-order chi connectivity index (χ0) is 25.2. The van der Waals surface area contributed by atoms with Gasteiger partial charge >= 0.3 is 6.09 Å². The zero-order valence-electron chi connectivity index (χ0n) is 20.6. The minimum absolute atomic E-state index is 0.162. The second kappa shape index (κ2) is 13.2. The fourth-order valence-corrected chi connectivity index (χ4v) is 3.30. The van der Waals surface area contributed by atoms with Crippen LogP contribution in [0.5, 0.6) is 0 Å².